The minimum Gasteiger partial charge on any atom is -0.372 e. The summed E-state index contributed by atoms with van der Waals surface area (Å²) in [5.74, 6) is 0.893. The second-order valence-electron chi connectivity index (χ2n) is 11.0. The molecule has 0 saturated heterocycles. The van der Waals surface area contributed by atoms with Crippen LogP contribution >= 0.6 is 23.1 Å². The molecule has 0 fully saturated rings. The number of carbonyl (C=O) groups excluding carboxylic acids is 1. The van der Waals surface area contributed by atoms with Gasteiger partial charge < -0.3 is 10.1 Å². The fourth-order valence-corrected chi connectivity index (χ4v) is 7.47. The van der Waals surface area contributed by atoms with Crippen molar-refractivity contribution in [1.82, 2.24) is 24.5 Å². The molecule has 2 aromatic carbocycles. The predicted octanol–water partition coefficient (Wildman–Crippen LogP) is 5.34. The lowest BCUT2D eigenvalue weighted by atomic mass is 9.96. The van der Waals surface area contributed by atoms with Gasteiger partial charge in [-0.2, -0.15) is 0 Å². The van der Waals surface area contributed by atoms with Gasteiger partial charge in [0.15, 0.2) is 5.16 Å². The van der Waals surface area contributed by atoms with E-state index in [9.17, 15) is 9.59 Å². The first-order chi connectivity index (χ1) is 19.8. The zero-order chi connectivity index (χ0) is 28.7. The standard InChI is InChI=1S/C31H33N5O3S2/c1-18(2)24-15-23-25(16-39-24)41-29-27(23)28(38)35(22-12-8-9-19(3)13-22)30-33-34-31(36(29)30)40-17-26(37)32-20(4)14-21-10-6-5-7-11-21/h5-13,18,20,24H,14-17H2,1-4H3,(H,32,37)/t20-,24+/m0/s1. The molecule has 212 valence electrons. The Hall–Kier alpha value is -3.47. The van der Waals surface area contributed by atoms with Gasteiger partial charge in [0.05, 0.1) is 29.5 Å². The maximum absolute atomic E-state index is 14.2. The van der Waals surface area contributed by atoms with Crippen molar-refractivity contribution in [2.75, 3.05) is 5.75 Å². The van der Waals surface area contributed by atoms with Crippen molar-refractivity contribution in [3.05, 3.63) is 86.5 Å². The summed E-state index contributed by atoms with van der Waals surface area (Å²) in [4.78, 5) is 29.0. The van der Waals surface area contributed by atoms with Crippen LogP contribution in [-0.2, 0) is 29.0 Å². The second kappa shape index (κ2) is 11.4. The molecule has 0 radical (unpaired) electrons. The smallest absolute Gasteiger partial charge is 0.268 e. The highest BCUT2D eigenvalue weighted by Crippen LogP contribution is 2.37. The molecule has 2 atom stereocenters. The van der Waals surface area contributed by atoms with Gasteiger partial charge >= 0.3 is 0 Å². The number of benzene rings is 2. The Morgan fingerprint density at radius 1 is 1.15 bits per heavy atom. The van der Waals surface area contributed by atoms with Crippen molar-refractivity contribution in [2.24, 2.45) is 5.92 Å². The van der Waals surface area contributed by atoms with Crippen molar-refractivity contribution >= 4 is 45.0 Å². The van der Waals surface area contributed by atoms with Gasteiger partial charge in [-0.15, -0.1) is 21.5 Å². The number of ether oxygens (including phenoxy) is 1. The van der Waals surface area contributed by atoms with Crippen LogP contribution in [0, 0.1) is 12.8 Å². The Balaban J connectivity index is 1.38. The Morgan fingerprint density at radius 3 is 2.71 bits per heavy atom. The number of fused-ring (bicyclic) bond motifs is 5. The minimum atomic E-state index is -0.101. The van der Waals surface area contributed by atoms with Gasteiger partial charge in [0.25, 0.3) is 5.56 Å². The van der Waals surface area contributed by atoms with Crippen LogP contribution in [0.15, 0.2) is 64.5 Å². The largest absolute Gasteiger partial charge is 0.372 e. The van der Waals surface area contributed by atoms with Crippen molar-refractivity contribution in [3.63, 3.8) is 0 Å². The number of thiophene rings is 1. The molecule has 41 heavy (non-hydrogen) atoms. The highest BCUT2D eigenvalue weighted by atomic mass is 32.2. The highest BCUT2D eigenvalue weighted by molar-refractivity contribution is 7.99. The van der Waals surface area contributed by atoms with Gasteiger partial charge in [-0.1, -0.05) is 68.1 Å². The zero-order valence-corrected chi connectivity index (χ0v) is 25.2. The first kappa shape index (κ1) is 27.7. The first-order valence-corrected chi connectivity index (χ1v) is 15.7. The van der Waals surface area contributed by atoms with Gasteiger partial charge in [-0.25, -0.2) is 8.97 Å². The van der Waals surface area contributed by atoms with Gasteiger partial charge in [-0.05, 0) is 55.0 Å². The Morgan fingerprint density at radius 2 is 1.95 bits per heavy atom. The maximum atomic E-state index is 14.2. The van der Waals surface area contributed by atoms with Crippen LogP contribution in [-0.4, -0.2) is 43.0 Å². The number of rotatable bonds is 8. The molecule has 1 amide bonds. The van der Waals surface area contributed by atoms with E-state index >= 15 is 0 Å². The van der Waals surface area contributed by atoms with E-state index in [0.29, 0.717) is 35.3 Å². The second-order valence-corrected chi connectivity index (χ2v) is 13.1. The highest BCUT2D eigenvalue weighted by Gasteiger charge is 2.30. The molecule has 6 rings (SSSR count). The van der Waals surface area contributed by atoms with Crippen LogP contribution in [0.25, 0.3) is 21.7 Å². The van der Waals surface area contributed by atoms with E-state index in [1.165, 1.54) is 17.3 Å². The molecule has 5 aromatic rings. The number of hydrogen-bond donors (Lipinski definition) is 1. The molecule has 1 aliphatic heterocycles. The van der Waals surface area contributed by atoms with Crippen molar-refractivity contribution in [3.8, 4) is 5.69 Å². The number of thioether (sulfide) groups is 1. The van der Waals surface area contributed by atoms with E-state index in [1.54, 1.807) is 15.9 Å². The van der Waals surface area contributed by atoms with Crippen molar-refractivity contribution < 1.29 is 9.53 Å². The Kier molecular flexibility index (Phi) is 7.72. The minimum absolute atomic E-state index is 0.00299. The fourth-order valence-electron chi connectivity index (χ4n) is 5.43. The number of carbonyl (C=O) groups is 1. The van der Waals surface area contributed by atoms with E-state index < -0.39 is 0 Å². The number of aromatic nitrogens is 4. The average Bonchev–Trinajstić information content (AvgIpc) is 3.54. The van der Waals surface area contributed by atoms with E-state index in [0.717, 1.165) is 32.9 Å². The van der Waals surface area contributed by atoms with Crippen LogP contribution in [0.2, 0.25) is 0 Å². The molecule has 1 N–H and O–H groups in total. The lowest BCUT2D eigenvalue weighted by Gasteiger charge is -2.26. The van der Waals surface area contributed by atoms with Crippen molar-refractivity contribution in [2.45, 2.75) is 64.4 Å². The van der Waals surface area contributed by atoms with E-state index in [-0.39, 0.29) is 29.4 Å². The molecule has 10 heteroatoms. The molecule has 4 heterocycles. The molecule has 0 aliphatic carbocycles. The van der Waals surface area contributed by atoms with Crippen LogP contribution in [0.3, 0.4) is 0 Å². The Labute approximate surface area is 246 Å². The molecule has 0 spiro atoms. The topological polar surface area (TPSA) is 90.5 Å². The van der Waals surface area contributed by atoms with Crippen LogP contribution in [0.1, 0.15) is 42.3 Å². The third kappa shape index (κ3) is 5.43. The van der Waals surface area contributed by atoms with Crippen LogP contribution in [0.5, 0.6) is 0 Å². The van der Waals surface area contributed by atoms with Crippen LogP contribution in [0.4, 0.5) is 0 Å². The summed E-state index contributed by atoms with van der Waals surface area (Å²) < 4.78 is 9.75. The fraction of sp³-hybridized carbons (Fsp3) is 0.355. The molecule has 3 aromatic heterocycles. The predicted molar refractivity (Wildman–Crippen MR) is 164 cm³/mol. The number of hydrogen-bond acceptors (Lipinski definition) is 7. The van der Waals surface area contributed by atoms with E-state index in [2.05, 4.69) is 41.5 Å². The summed E-state index contributed by atoms with van der Waals surface area (Å²) in [6, 6.07) is 18.0. The molecule has 0 saturated carbocycles. The molecule has 1 aliphatic rings. The van der Waals surface area contributed by atoms with Crippen molar-refractivity contribution in [1.29, 1.82) is 0 Å². The summed E-state index contributed by atoms with van der Waals surface area (Å²) >= 11 is 2.89. The lowest BCUT2D eigenvalue weighted by Crippen LogP contribution is -2.35. The SMILES string of the molecule is Cc1cccc(-n2c(=O)c3c4c(sc3n3c(SCC(=O)N[C@@H](C)Cc5ccccc5)nnc23)CO[C@@H](C(C)C)C4)c1. The maximum Gasteiger partial charge on any atom is 0.268 e. The van der Waals surface area contributed by atoms with E-state index in [1.807, 2.05) is 60.7 Å². The molecule has 0 unspecified atom stereocenters. The quantitative estimate of drug-likeness (QED) is 0.247. The third-order valence-corrected chi connectivity index (χ3v) is 9.59. The number of aryl methyl sites for hydroxylation is 1. The van der Waals surface area contributed by atoms with Crippen LogP contribution < -0.4 is 10.9 Å². The van der Waals surface area contributed by atoms with Gasteiger partial charge in [-0.3, -0.25) is 9.59 Å². The summed E-state index contributed by atoms with van der Waals surface area (Å²) in [6.45, 7) is 8.79. The molecular weight excluding hydrogens is 555 g/mol. The summed E-state index contributed by atoms with van der Waals surface area (Å²) in [5.41, 5.74) is 3.92. The van der Waals surface area contributed by atoms with Gasteiger partial charge in [0.2, 0.25) is 11.7 Å². The molecule has 0 bridgehead atoms. The summed E-state index contributed by atoms with van der Waals surface area (Å²) in [6.07, 6.45) is 1.50. The summed E-state index contributed by atoms with van der Waals surface area (Å²) in [5, 5.41) is 13.3. The Bertz CT molecular complexity index is 1790. The lowest BCUT2D eigenvalue weighted by molar-refractivity contribution is -0.119. The monoisotopic (exact) mass is 587 g/mol. The summed E-state index contributed by atoms with van der Waals surface area (Å²) in [7, 11) is 0. The first-order valence-electron chi connectivity index (χ1n) is 13.9. The third-order valence-electron chi connectivity index (χ3n) is 7.47. The average molecular weight is 588 g/mol. The molecule has 8 nitrogen and oxygen atoms in total. The number of nitrogens with zero attached hydrogens (tertiary/aromatic N) is 4. The number of amides is 1. The number of nitrogens with one attached hydrogen (secondary N) is 1. The zero-order valence-electron chi connectivity index (χ0n) is 23.6. The van der Waals surface area contributed by atoms with Gasteiger partial charge in [0, 0.05) is 17.3 Å². The van der Waals surface area contributed by atoms with Gasteiger partial charge in [0.1, 0.15) is 4.83 Å². The van der Waals surface area contributed by atoms with E-state index in [4.69, 9.17) is 4.74 Å². The normalized spacial score (nSPS) is 15.9. The molecular formula is C31H33N5O3S2.